The first-order chi connectivity index (χ1) is 8.59. The number of likely N-dealkylation sites (tertiary alicyclic amines) is 1. The van der Waals surface area contributed by atoms with Gasteiger partial charge in [-0.2, -0.15) is 0 Å². The van der Waals surface area contributed by atoms with Gasteiger partial charge in [-0.3, -0.25) is 9.59 Å². The highest BCUT2D eigenvalue weighted by Gasteiger charge is 2.34. The van der Waals surface area contributed by atoms with Crippen molar-refractivity contribution in [2.24, 2.45) is 0 Å². The van der Waals surface area contributed by atoms with Crippen LogP contribution in [0.5, 0.6) is 0 Å². The predicted octanol–water partition coefficient (Wildman–Crippen LogP) is 0.208. The van der Waals surface area contributed by atoms with Gasteiger partial charge in [0.05, 0.1) is 0 Å². The minimum Gasteiger partial charge on any atom is -0.347 e. The molecule has 0 aromatic heterocycles. The summed E-state index contributed by atoms with van der Waals surface area (Å²) in [6.07, 6.45) is 4.72. The normalized spacial score (nSPS) is 23.2. The Bertz CT molecular complexity index is 326. The molecule has 2 fully saturated rings. The van der Waals surface area contributed by atoms with Crippen molar-refractivity contribution in [2.75, 3.05) is 27.2 Å². The Morgan fingerprint density at radius 3 is 2.61 bits per heavy atom. The van der Waals surface area contributed by atoms with Gasteiger partial charge in [-0.25, -0.2) is 0 Å². The molecule has 2 aliphatic rings. The van der Waals surface area contributed by atoms with E-state index in [0.717, 1.165) is 25.9 Å². The number of likely N-dealkylation sites (N-methyl/N-ethyl adjacent to an activating group) is 1. The summed E-state index contributed by atoms with van der Waals surface area (Å²) >= 11 is 0. The Kier molecular flexibility index (Phi) is 4.22. The maximum Gasteiger partial charge on any atom is 0.244 e. The van der Waals surface area contributed by atoms with E-state index >= 15 is 0 Å². The summed E-state index contributed by atoms with van der Waals surface area (Å²) in [6, 6.07) is 0.406. The first kappa shape index (κ1) is 13.3. The van der Waals surface area contributed by atoms with Gasteiger partial charge >= 0.3 is 0 Å². The van der Waals surface area contributed by atoms with Crippen molar-refractivity contribution < 1.29 is 9.59 Å². The Hall–Kier alpha value is -1.10. The van der Waals surface area contributed by atoms with E-state index in [1.807, 2.05) is 0 Å². The lowest BCUT2D eigenvalue weighted by Gasteiger charge is -2.26. The van der Waals surface area contributed by atoms with Gasteiger partial charge in [0.15, 0.2) is 0 Å². The monoisotopic (exact) mass is 253 g/mol. The summed E-state index contributed by atoms with van der Waals surface area (Å²) in [5, 5.41) is 3.33. The van der Waals surface area contributed by atoms with E-state index in [1.165, 1.54) is 12.8 Å². The van der Waals surface area contributed by atoms with Crippen molar-refractivity contribution in [1.29, 1.82) is 0 Å². The van der Waals surface area contributed by atoms with Gasteiger partial charge in [0.25, 0.3) is 0 Å². The fourth-order valence-electron chi connectivity index (χ4n) is 2.43. The zero-order valence-corrected chi connectivity index (χ0v) is 11.3. The maximum absolute atomic E-state index is 12.1. The molecule has 1 saturated heterocycles. The molecule has 1 aliphatic heterocycles. The van der Waals surface area contributed by atoms with E-state index in [9.17, 15) is 9.59 Å². The molecule has 1 heterocycles. The van der Waals surface area contributed by atoms with Crippen molar-refractivity contribution in [3.05, 3.63) is 0 Å². The molecule has 18 heavy (non-hydrogen) atoms. The van der Waals surface area contributed by atoms with E-state index < -0.39 is 0 Å². The molecule has 0 bridgehead atoms. The van der Waals surface area contributed by atoms with Crippen LogP contribution in [0.15, 0.2) is 0 Å². The fourth-order valence-corrected chi connectivity index (χ4v) is 2.43. The van der Waals surface area contributed by atoms with Crippen LogP contribution in [0.1, 0.15) is 32.1 Å². The van der Waals surface area contributed by atoms with E-state index in [4.69, 9.17) is 0 Å². The second kappa shape index (κ2) is 5.69. The molecule has 2 amide bonds. The van der Waals surface area contributed by atoms with Crippen molar-refractivity contribution in [3.8, 4) is 0 Å². The fraction of sp³-hybridized carbons (Fsp3) is 0.846. The Morgan fingerprint density at radius 2 is 2.00 bits per heavy atom. The van der Waals surface area contributed by atoms with Crippen LogP contribution in [0.4, 0.5) is 0 Å². The molecule has 102 valence electrons. The first-order valence-electron chi connectivity index (χ1n) is 6.83. The number of rotatable bonds is 5. The number of amides is 2. The van der Waals surface area contributed by atoms with Gasteiger partial charge < -0.3 is 15.1 Å². The first-order valence-corrected chi connectivity index (χ1v) is 6.83. The van der Waals surface area contributed by atoms with Crippen LogP contribution >= 0.6 is 0 Å². The second-order valence-electron chi connectivity index (χ2n) is 5.46. The summed E-state index contributed by atoms with van der Waals surface area (Å²) in [5.41, 5.74) is 0. The van der Waals surface area contributed by atoms with Crippen LogP contribution in [0.3, 0.4) is 0 Å². The van der Waals surface area contributed by atoms with Gasteiger partial charge in [0.1, 0.15) is 6.04 Å². The van der Waals surface area contributed by atoms with Crippen molar-refractivity contribution in [2.45, 2.75) is 44.2 Å². The SMILES string of the molecule is CN(C)C(=O)C1CCCN1C(=O)CCNC1CC1. The molecule has 0 aromatic carbocycles. The molecular formula is C13H23N3O2. The molecule has 1 atom stereocenters. The zero-order valence-electron chi connectivity index (χ0n) is 11.3. The highest BCUT2D eigenvalue weighted by molar-refractivity contribution is 5.88. The average Bonchev–Trinajstić information content (AvgIpc) is 3.02. The van der Waals surface area contributed by atoms with Crippen molar-refractivity contribution in [3.63, 3.8) is 0 Å². The third kappa shape index (κ3) is 3.22. The number of nitrogens with one attached hydrogen (secondary N) is 1. The standard InChI is InChI=1S/C13H23N3O2/c1-15(2)13(18)11-4-3-9-16(11)12(17)7-8-14-10-5-6-10/h10-11,14H,3-9H2,1-2H3. The summed E-state index contributed by atoms with van der Waals surface area (Å²) in [6.45, 7) is 1.47. The predicted molar refractivity (Wildman–Crippen MR) is 69.1 cm³/mol. The van der Waals surface area contributed by atoms with Crippen molar-refractivity contribution in [1.82, 2.24) is 15.1 Å². The molecule has 1 aliphatic carbocycles. The smallest absolute Gasteiger partial charge is 0.244 e. The molecule has 5 nitrogen and oxygen atoms in total. The zero-order chi connectivity index (χ0) is 13.1. The van der Waals surface area contributed by atoms with Gasteiger partial charge in [-0.15, -0.1) is 0 Å². The minimum atomic E-state index is -0.228. The Morgan fingerprint density at radius 1 is 1.28 bits per heavy atom. The third-order valence-corrected chi connectivity index (χ3v) is 3.65. The van der Waals surface area contributed by atoms with Gasteiger partial charge in [0, 0.05) is 39.6 Å². The maximum atomic E-state index is 12.1. The number of nitrogens with zero attached hydrogens (tertiary/aromatic N) is 2. The molecule has 0 radical (unpaired) electrons. The molecule has 5 heteroatoms. The van der Waals surface area contributed by atoms with E-state index in [0.29, 0.717) is 12.5 Å². The summed E-state index contributed by atoms with van der Waals surface area (Å²) in [7, 11) is 3.50. The molecule has 1 N–H and O–H groups in total. The van der Waals surface area contributed by atoms with Crippen molar-refractivity contribution >= 4 is 11.8 Å². The van der Waals surface area contributed by atoms with Crippen LogP contribution in [0.2, 0.25) is 0 Å². The van der Waals surface area contributed by atoms with E-state index in [2.05, 4.69) is 5.32 Å². The molecule has 1 unspecified atom stereocenters. The van der Waals surface area contributed by atoms with Crippen LogP contribution < -0.4 is 5.32 Å². The highest BCUT2D eigenvalue weighted by atomic mass is 16.2. The van der Waals surface area contributed by atoms with Gasteiger partial charge in [-0.05, 0) is 25.7 Å². The lowest BCUT2D eigenvalue weighted by atomic mass is 10.2. The summed E-state index contributed by atoms with van der Waals surface area (Å²) in [5.74, 6) is 0.164. The largest absolute Gasteiger partial charge is 0.347 e. The Labute approximate surface area is 108 Å². The minimum absolute atomic E-state index is 0.0519. The lowest BCUT2D eigenvalue weighted by molar-refractivity contribution is -0.142. The molecule has 0 aromatic rings. The van der Waals surface area contributed by atoms with E-state index in [1.54, 1.807) is 23.9 Å². The Balaban J connectivity index is 1.81. The third-order valence-electron chi connectivity index (χ3n) is 3.65. The molecule has 2 rings (SSSR count). The topological polar surface area (TPSA) is 52.7 Å². The second-order valence-corrected chi connectivity index (χ2v) is 5.46. The van der Waals surface area contributed by atoms with Crippen LogP contribution in [0.25, 0.3) is 0 Å². The number of carbonyl (C=O) groups excluding carboxylic acids is 2. The van der Waals surface area contributed by atoms with Gasteiger partial charge in [0.2, 0.25) is 11.8 Å². The lowest BCUT2D eigenvalue weighted by Crippen LogP contribution is -2.46. The number of carbonyl (C=O) groups is 2. The van der Waals surface area contributed by atoms with Crippen LogP contribution in [0, 0.1) is 0 Å². The van der Waals surface area contributed by atoms with Gasteiger partial charge in [-0.1, -0.05) is 0 Å². The van der Waals surface area contributed by atoms with Crippen LogP contribution in [-0.2, 0) is 9.59 Å². The molecular weight excluding hydrogens is 230 g/mol. The average molecular weight is 253 g/mol. The molecule has 1 saturated carbocycles. The summed E-state index contributed by atoms with van der Waals surface area (Å²) < 4.78 is 0. The van der Waals surface area contributed by atoms with Crippen LogP contribution in [-0.4, -0.2) is 60.9 Å². The highest BCUT2D eigenvalue weighted by Crippen LogP contribution is 2.20. The number of hydrogen-bond acceptors (Lipinski definition) is 3. The van der Waals surface area contributed by atoms with E-state index in [-0.39, 0.29) is 17.9 Å². The summed E-state index contributed by atoms with van der Waals surface area (Å²) in [4.78, 5) is 27.4. The molecule has 0 spiro atoms. The quantitative estimate of drug-likeness (QED) is 0.762. The number of hydrogen-bond donors (Lipinski definition) is 1.